The standard InChI is InChI=1S/C17H28N2/c1-13(2)17(14-7-5-4-6-8-14)19(3)16-11-9-15(18)10-12-16/h4-8,13,15-17H,9-12,18H2,1-3H3. The minimum Gasteiger partial charge on any atom is -0.328 e. The summed E-state index contributed by atoms with van der Waals surface area (Å²) in [5.74, 6) is 0.628. The van der Waals surface area contributed by atoms with Crippen molar-refractivity contribution < 1.29 is 0 Å². The van der Waals surface area contributed by atoms with Crippen LogP contribution in [0.3, 0.4) is 0 Å². The summed E-state index contributed by atoms with van der Waals surface area (Å²) in [4.78, 5) is 2.59. The molecule has 0 radical (unpaired) electrons. The molecule has 1 atom stereocenters. The van der Waals surface area contributed by atoms with Gasteiger partial charge >= 0.3 is 0 Å². The minimum absolute atomic E-state index is 0.430. The van der Waals surface area contributed by atoms with Crippen molar-refractivity contribution in [2.45, 2.75) is 57.7 Å². The van der Waals surface area contributed by atoms with E-state index in [-0.39, 0.29) is 0 Å². The second kappa shape index (κ2) is 6.53. The van der Waals surface area contributed by atoms with Crippen LogP contribution in [0.1, 0.15) is 51.1 Å². The lowest BCUT2D eigenvalue weighted by molar-refractivity contribution is 0.104. The summed E-state index contributed by atoms with van der Waals surface area (Å²) in [6, 6.07) is 12.5. The summed E-state index contributed by atoms with van der Waals surface area (Å²) in [6.07, 6.45) is 4.84. The molecule has 106 valence electrons. The van der Waals surface area contributed by atoms with Crippen LogP contribution in [-0.4, -0.2) is 24.0 Å². The van der Waals surface area contributed by atoms with Crippen LogP contribution in [0.5, 0.6) is 0 Å². The Morgan fingerprint density at radius 3 is 2.16 bits per heavy atom. The normalized spacial score (nSPS) is 25.8. The van der Waals surface area contributed by atoms with E-state index >= 15 is 0 Å². The average molecular weight is 260 g/mol. The number of hydrogen-bond acceptors (Lipinski definition) is 2. The Hall–Kier alpha value is -0.860. The maximum atomic E-state index is 6.03. The molecule has 2 N–H and O–H groups in total. The van der Waals surface area contributed by atoms with Crippen LogP contribution in [0.25, 0.3) is 0 Å². The summed E-state index contributed by atoms with van der Waals surface area (Å²) >= 11 is 0. The quantitative estimate of drug-likeness (QED) is 0.896. The summed E-state index contributed by atoms with van der Waals surface area (Å²) < 4.78 is 0. The van der Waals surface area contributed by atoms with Crippen LogP contribution in [-0.2, 0) is 0 Å². The van der Waals surface area contributed by atoms with Gasteiger partial charge in [-0.3, -0.25) is 4.90 Å². The van der Waals surface area contributed by atoms with Gasteiger partial charge < -0.3 is 5.73 Å². The Bertz CT molecular complexity index is 366. The largest absolute Gasteiger partial charge is 0.328 e. The number of nitrogens with two attached hydrogens (primary N) is 1. The molecule has 0 heterocycles. The summed E-state index contributed by atoms with van der Waals surface area (Å²) in [5, 5.41) is 0. The SMILES string of the molecule is CC(C)C(c1ccccc1)N(C)C1CCC(N)CC1. The van der Waals surface area contributed by atoms with E-state index in [2.05, 4.69) is 56.1 Å². The van der Waals surface area contributed by atoms with Gasteiger partial charge in [-0.25, -0.2) is 0 Å². The van der Waals surface area contributed by atoms with Crippen molar-refractivity contribution >= 4 is 0 Å². The van der Waals surface area contributed by atoms with Gasteiger partial charge in [-0.1, -0.05) is 44.2 Å². The van der Waals surface area contributed by atoms with Crippen molar-refractivity contribution in [3.8, 4) is 0 Å². The van der Waals surface area contributed by atoms with Crippen LogP contribution < -0.4 is 5.73 Å². The van der Waals surface area contributed by atoms with Crippen LogP contribution in [0.15, 0.2) is 30.3 Å². The Balaban J connectivity index is 2.11. The third kappa shape index (κ3) is 3.58. The van der Waals surface area contributed by atoms with E-state index in [1.165, 1.54) is 31.2 Å². The van der Waals surface area contributed by atoms with Crippen LogP contribution >= 0.6 is 0 Å². The number of benzene rings is 1. The second-order valence-corrected chi connectivity index (χ2v) is 6.33. The maximum absolute atomic E-state index is 6.03. The van der Waals surface area contributed by atoms with Crippen molar-refractivity contribution in [2.75, 3.05) is 7.05 Å². The molecule has 0 amide bonds. The molecule has 0 spiro atoms. The molecular formula is C17H28N2. The fourth-order valence-electron chi connectivity index (χ4n) is 3.48. The van der Waals surface area contributed by atoms with Gasteiger partial charge in [0.15, 0.2) is 0 Å². The highest BCUT2D eigenvalue weighted by molar-refractivity contribution is 5.19. The summed E-state index contributed by atoms with van der Waals surface area (Å²) in [6.45, 7) is 4.64. The summed E-state index contributed by atoms with van der Waals surface area (Å²) in [7, 11) is 2.29. The summed E-state index contributed by atoms with van der Waals surface area (Å²) in [5.41, 5.74) is 7.47. The lowest BCUT2D eigenvalue weighted by atomic mass is 9.87. The van der Waals surface area contributed by atoms with Crippen LogP contribution in [0.2, 0.25) is 0 Å². The van der Waals surface area contributed by atoms with Gasteiger partial charge in [0.05, 0.1) is 0 Å². The Morgan fingerprint density at radius 2 is 1.63 bits per heavy atom. The first-order valence-electron chi connectivity index (χ1n) is 7.62. The average Bonchev–Trinajstić information content (AvgIpc) is 2.40. The zero-order chi connectivity index (χ0) is 13.8. The van der Waals surface area contributed by atoms with Gasteiger partial charge in [-0.15, -0.1) is 0 Å². The third-order valence-electron chi connectivity index (χ3n) is 4.53. The van der Waals surface area contributed by atoms with E-state index in [9.17, 15) is 0 Å². The maximum Gasteiger partial charge on any atom is 0.0370 e. The molecule has 1 unspecified atom stereocenters. The topological polar surface area (TPSA) is 29.3 Å². The molecule has 0 bridgehead atoms. The first kappa shape index (κ1) is 14.5. The van der Waals surface area contributed by atoms with Gasteiger partial charge in [-0.05, 0) is 44.2 Å². The predicted molar refractivity (Wildman–Crippen MR) is 82.0 cm³/mol. The van der Waals surface area contributed by atoms with E-state index < -0.39 is 0 Å². The number of hydrogen-bond donors (Lipinski definition) is 1. The molecule has 2 rings (SSSR count). The molecule has 1 aromatic carbocycles. The molecular weight excluding hydrogens is 232 g/mol. The predicted octanol–water partition coefficient (Wildman–Crippen LogP) is 3.59. The highest BCUT2D eigenvalue weighted by Gasteiger charge is 2.29. The smallest absolute Gasteiger partial charge is 0.0370 e. The van der Waals surface area contributed by atoms with Crippen molar-refractivity contribution in [2.24, 2.45) is 11.7 Å². The molecule has 0 saturated heterocycles. The number of rotatable bonds is 4. The molecule has 2 heteroatoms. The van der Waals surface area contributed by atoms with Crippen LogP contribution in [0.4, 0.5) is 0 Å². The Kier molecular flexibility index (Phi) is 5.00. The lowest BCUT2D eigenvalue weighted by Crippen LogP contribution is -2.42. The Labute approximate surface area is 118 Å². The first-order chi connectivity index (χ1) is 9.09. The first-order valence-corrected chi connectivity index (χ1v) is 7.62. The minimum atomic E-state index is 0.430. The number of nitrogens with zero attached hydrogens (tertiary/aromatic N) is 1. The van der Waals surface area contributed by atoms with E-state index in [0.29, 0.717) is 24.0 Å². The monoisotopic (exact) mass is 260 g/mol. The fourth-order valence-corrected chi connectivity index (χ4v) is 3.48. The molecule has 0 aromatic heterocycles. The van der Waals surface area contributed by atoms with Gasteiger partial charge in [-0.2, -0.15) is 0 Å². The molecule has 1 aromatic rings. The van der Waals surface area contributed by atoms with Gasteiger partial charge in [0.2, 0.25) is 0 Å². The molecule has 0 aliphatic heterocycles. The molecule has 1 aliphatic carbocycles. The fraction of sp³-hybridized carbons (Fsp3) is 0.647. The van der Waals surface area contributed by atoms with Crippen LogP contribution in [0, 0.1) is 5.92 Å². The second-order valence-electron chi connectivity index (χ2n) is 6.33. The molecule has 19 heavy (non-hydrogen) atoms. The zero-order valence-corrected chi connectivity index (χ0v) is 12.5. The van der Waals surface area contributed by atoms with E-state index in [0.717, 1.165) is 0 Å². The third-order valence-corrected chi connectivity index (χ3v) is 4.53. The van der Waals surface area contributed by atoms with Crippen molar-refractivity contribution in [1.29, 1.82) is 0 Å². The molecule has 1 fully saturated rings. The van der Waals surface area contributed by atoms with Crippen molar-refractivity contribution in [3.63, 3.8) is 0 Å². The van der Waals surface area contributed by atoms with Crippen molar-refractivity contribution in [1.82, 2.24) is 4.90 Å². The van der Waals surface area contributed by atoms with Crippen molar-refractivity contribution in [3.05, 3.63) is 35.9 Å². The zero-order valence-electron chi connectivity index (χ0n) is 12.5. The van der Waals surface area contributed by atoms with Gasteiger partial charge in [0.1, 0.15) is 0 Å². The Morgan fingerprint density at radius 1 is 1.05 bits per heavy atom. The molecule has 2 nitrogen and oxygen atoms in total. The van der Waals surface area contributed by atoms with Gasteiger partial charge in [0.25, 0.3) is 0 Å². The lowest BCUT2D eigenvalue weighted by Gasteiger charge is -2.40. The molecule has 1 aliphatic rings. The highest BCUT2D eigenvalue weighted by Crippen LogP contribution is 2.33. The van der Waals surface area contributed by atoms with E-state index in [4.69, 9.17) is 5.73 Å². The van der Waals surface area contributed by atoms with E-state index in [1.807, 2.05) is 0 Å². The van der Waals surface area contributed by atoms with E-state index in [1.54, 1.807) is 0 Å². The highest BCUT2D eigenvalue weighted by atomic mass is 15.2. The molecule has 1 saturated carbocycles. The van der Waals surface area contributed by atoms with Gasteiger partial charge in [0, 0.05) is 18.1 Å².